The van der Waals surface area contributed by atoms with Gasteiger partial charge in [-0.3, -0.25) is 4.99 Å². The summed E-state index contributed by atoms with van der Waals surface area (Å²) in [7, 11) is 3.75. The zero-order chi connectivity index (χ0) is 19.4. The Morgan fingerprint density at radius 2 is 2.00 bits per heavy atom. The number of hydrogen-bond donors (Lipinski definition) is 1. The van der Waals surface area contributed by atoms with Crippen LogP contribution in [-0.2, 0) is 13.1 Å². The van der Waals surface area contributed by atoms with Gasteiger partial charge in [0.05, 0.1) is 28.6 Å². The van der Waals surface area contributed by atoms with Crippen LogP contribution < -0.4 is 5.32 Å². The van der Waals surface area contributed by atoms with Crippen LogP contribution in [-0.4, -0.2) is 39.7 Å². The van der Waals surface area contributed by atoms with Crippen LogP contribution in [0.15, 0.2) is 40.8 Å². The molecular formula is C19H24FIN6S. The molecule has 0 aliphatic rings. The van der Waals surface area contributed by atoms with E-state index in [4.69, 9.17) is 0 Å². The van der Waals surface area contributed by atoms with Crippen molar-refractivity contribution in [3.63, 3.8) is 0 Å². The lowest BCUT2D eigenvalue weighted by Crippen LogP contribution is -2.38. The van der Waals surface area contributed by atoms with Crippen molar-refractivity contribution >= 4 is 41.3 Å². The van der Waals surface area contributed by atoms with E-state index in [0.29, 0.717) is 13.1 Å². The third-order valence-corrected chi connectivity index (χ3v) is 4.99. The molecule has 0 unspecified atom stereocenters. The zero-order valence-electron chi connectivity index (χ0n) is 16.3. The van der Waals surface area contributed by atoms with Gasteiger partial charge in [-0.05, 0) is 38.1 Å². The highest BCUT2D eigenvalue weighted by Crippen LogP contribution is 2.13. The third kappa shape index (κ3) is 5.51. The van der Waals surface area contributed by atoms with Crippen molar-refractivity contribution in [3.8, 4) is 5.69 Å². The van der Waals surface area contributed by atoms with Gasteiger partial charge in [-0.25, -0.2) is 14.1 Å². The third-order valence-electron chi connectivity index (χ3n) is 4.17. The minimum Gasteiger partial charge on any atom is -0.352 e. The molecular weight excluding hydrogens is 490 g/mol. The minimum atomic E-state index is -0.258. The Labute approximate surface area is 185 Å². The summed E-state index contributed by atoms with van der Waals surface area (Å²) in [6.07, 6.45) is 1.95. The minimum absolute atomic E-state index is 0. The summed E-state index contributed by atoms with van der Waals surface area (Å²) < 4.78 is 14.9. The monoisotopic (exact) mass is 514 g/mol. The summed E-state index contributed by atoms with van der Waals surface area (Å²) in [5.74, 6) is 0.529. The Balaban J connectivity index is 0.00000280. The van der Waals surface area contributed by atoms with E-state index in [2.05, 4.69) is 25.8 Å². The summed E-state index contributed by atoms with van der Waals surface area (Å²) in [4.78, 5) is 10.9. The number of halogens is 2. The lowest BCUT2D eigenvalue weighted by atomic mass is 10.2. The van der Waals surface area contributed by atoms with Crippen LogP contribution in [0, 0.1) is 19.7 Å². The van der Waals surface area contributed by atoms with Crippen LogP contribution in [0.25, 0.3) is 5.69 Å². The largest absolute Gasteiger partial charge is 0.352 e. The first kappa shape index (κ1) is 22.3. The average molecular weight is 514 g/mol. The Morgan fingerprint density at radius 3 is 2.61 bits per heavy atom. The molecule has 0 radical (unpaired) electrons. The molecule has 0 amide bonds. The number of aliphatic imine (C=N–C) groups is 1. The van der Waals surface area contributed by atoms with Gasteiger partial charge in [0.1, 0.15) is 5.82 Å². The zero-order valence-corrected chi connectivity index (χ0v) is 19.5. The first-order chi connectivity index (χ1) is 13.0. The van der Waals surface area contributed by atoms with Crippen LogP contribution in [0.2, 0.25) is 0 Å². The molecule has 0 spiro atoms. The maximum atomic E-state index is 13.1. The topological polar surface area (TPSA) is 58.3 Å². The molecule has 0 aliphatic carbocycles. The quantitative estimate of drug-likeness (QED) is 0.319. The summed E-state index contributed by atoms with van der Waals surface area (Å²) in [5, 5.41) is 11.0. The smallest absolute Gasteiger partial charge is 0.194 e. The highest BCUT2D eigenvalue weighted by molar-refractivity contribution is 14.0. The molecule has 0 aliphatic heterocycles. The van der Waals surface area contributed by atoms with Crippen LogP contribution in [0.5, 0.6) is 0 Å². The molecule has 0 saturated carbocycles. The van der Waals surface area contributed by atoms with Crippen molar-refractivity contribution in [3.05, 3.63) is 63.6 Å². The van der Waals surface area contributed by atoms with Gasteiger partial charge in [0.15, 0.2) is 5.96 Å². The van der Waals surface area contributed by atoms with Gasteiger partial charge in [-0.15, -0.1) is 35.3 Å². The first-order valence-corrected chi connectivity index (χ1v) is 9.48. The Kier molecular flexibility index (Phi) is 7.93. The number of benzene rings is 1. The fraction of sp³-hybridized carbons (Fsp3) is 0.316. The molecule has 1 N–H and O–H groups in total. The van der Waals surface area contributed by atoms with E-state index in [0.717, 1.165) is 33.6 Å². The van der Waals surface area contributed by atoms with E-state index in [-0.39, 0.29) is 29.8 Å². The number of guanidine groups is 1. The predicted octanol–water partition coefficient (Wildman–Crippen LogP) is 3.91. The van der Waals surface area contributed by atoms with E-state index < -0.39 is 0 Å². The van der Waals surface area contributed by atoms with Crippen molar-refractivity contribution in [1.29, 1.82) is 0 Å². The first-order valence-electron chi connectivity index (χ1n) is 8.60. The number of hydrogen-bond acceptors (Lipinski definition) is 4. The number of thiazole rings is 1. The SMILES string of the molecule is CN=C(NCc1cn(-c2ccc(F)cc2)nc1C)N(C)Cc1csc(C)n1.I. The summed E-state index contributed by atoms with van der Waals surface area (Å²) in [6.45, 7) is 5.25. The molecule has 150 valence electrons. The number of nitrogens with one attached hydrogen (secondary N) is 1. The molecule has 0 saturated heterocycles. The van der Waals surface area contributed by atoms with Crippen LogP contribution in [0.3, 0.4) is 0 Å². The fourth-order valence-corrected chi connectivity index (χ4v) is 3.36. The van der Waals surface area contributed by atoms with Crippen molar-refractivity contribution < 1.29 is 4.39 Å². The van der Waals surface area contributed by atoms with Crippen molar-refractivity contribution in [2.45, 2.75) is 26.9 Å². The molecule has 9 heteroatoms. The Morgan fingerprint density at radius 1 is 1.29 bits per heavy atom. The van der Waals surface area contributed by atoms with Crippen molar-refractivity contribution in [1.82, 2.24) is 25.0 Å². The highest BCUT2D eigenvalue weighted by atomic mass is 127. The number of nitrogens with zero attached hydrogens (tertiary/aromatic N) is 5. The molecule has 0 atom stereocenters. The molecule has 2 heterocycles. The van der Waals surface area contributed by atoms with Crippen LogP contribution in [0.4, 0.5) is 4.39 Å². The molecule has 1 aromatic carbocycles. The lowest BCUT2D eigenvalue weighted by molar-refractivity contribution is 0.470. The molecule has 0 bridgehead atoms. The average Bonchev–Trinajstić information content (AvgIpc) is 3.22. The second-order valence-electron chi connectivity index (χ2n) is 6.28. The molecule has 3 aromatic rings. The predicted molar refractivity (Wildman–Crippen MR) is 122 cm³/mol. The normalized spacial score (nSPS) is 11.2. The van der Waals surface area contributed by atoms with E-state index in [1.807, 2.05) is 32.0 Å². The summed E-state index contributed by atoms with van der Waals surface area (Å²) in [6, 6.07) is 6.28. The van der Waals surface area contributed by atoms with Crippen LogP contribution >= 0.6 is 35.3 Å². The fourth-order valence-electron chi connectivity index (χ4n) is 2.75. The Bertz CT molecular complexity index is 934. The molecule has 6 nitrogen and oxygen atoms in total. The van der Waals surface area contributed by atoms with Gasteiger partial charge >= 0.3 is 0 Å². The lowest BCUT2D eigenvalue weighted by Gasteiger charge is -2.21. The van der Waals surface area contributed by atoms with Gasteiger partial charge in [0, 0.05) is 37.8 Å². The van der Waals surface area contributed by atoms with E-state index >= 15 is 0 Å². The molecule has 3 rings (SSSR count). The second kappa shape index (κ2) is 9.97. The standard InChI is InChI=1S/C19H23FN6S.HI/c1-13-15(10-26(24-13)18-7-5-16(20)6-8-18)9-22-19(21-3)25(4)11-17-12-27-14(2)23-17;/h5-8,10,12H,9,11H2,1-4H3,(H,21,22);1H. The number of rotatable bonds is 5. The van der Waals surface area contributed by atoms with Gasteiger partial charge in [0.2, 0.25) is 0 Å². The maximum absolute atomic E-state index is 13.1. The summed E-state index contributed by atoms with van der Waals surface area (Å²) >= 11 is 1.65. The van der Waals surface area contributed by atoms with Crippen molar-refractivity contribution in [2.24, 2.45) is 4.99 Å². The van der Waals surface area contributed by atoms with Gasteiger partial charge in [-0.2, -0.15) is 5.10 Å². The molecule has 28 heavy (non-hydrogen) atoms. The summed E-state index contributed by atoms with van der Waals surface area (Å²) in [5.41, 5.74) is 3.83. The van der Waals surface area contributed by atoms with E-state index in [9.17, 15) is 4.39 Å². The van der Waals surface area contributed by atoms with Gasteiger partial charge in [-0.1, -0.05) is 0 Å². The highest BCUT2D eigenvalue weighted by Gasteiger charge is 2.11. The second-order valence-corrected chi connectivity index (χ2v) is 7.34. The molecule has 2 aromatic heterocycles. The Hall–Kier alpha value is -2.01. The molecule has 0 fully saturated rings. The van der Waals surface area contributed by atoms with Gasteiger partial charge in [0.25, 0.3) is 0 Å². The van der Waals surface area contributed by atoms with Crippen molar-refractivity contribution in [2.75, 3.05) is 14.1 Å². The number of aryl methyl sites for hydroxylation is 2. The maximum Gasteiger partial charge on any atom is 0.194 e. The van der Waals surface area contributed by atoms with Gasteiger partial charge < -0.3 is 10.2 Å². The van der Waals surface area contributed by atoms with E-state index in [1.165, 1.54) is 12.1 Å². The number of aromatic nitrogens is 3. The van der Waals surface area contributed by atoms with E-state index in [1.54, 1.807) is 35.2 Å². The van der Waals surface area contributed by atoms with Crippen LogP contribution in [0.1, 0.15) is 22.0 Å².